The van der Waals surface area contributed by atoms with E-state index in [0.717, 1.165) is 0 Å². The zero-order chi connectivity index (χ0) is 17.3. The Kier molecular flexibility index (Phi) is 7.54. The number of carbonyl (C=O) groups excluding carboxylic acids is 2. The van der Waals surface area contributed by atoms with E-state index < -0.39 is 5.41 Å². The van der Waals surface area contributed by atoms with Crippen LogP contribution in [0.4, 0.5) is 5.69 Å². The second kappa shape index (κ2) is 9.15. The molecule has 0 unspecified atom stereocenters. The number of hydrogen-bond donors (Lipinski definition) is 3. The van der Waals surface area contributed by atoms with E-state index in [1.165, 1.54) is 0 Å². The van der Waals surface area contributed by atoms with Crippen molar-refractivity contribution in [2.24, 2.45) is 11.1 Å². The fraction of sp³-hybridized carbons (Fsp3) is 0.529. The lowest BCUT2D eigenvalue weighted by atomic mass is 9.81. The zero-order valence-electron chi connectivity index (χ0n) is 14.1. The predicted molar refractivity (Wildman–Crippen MR) is 91.3 cm³/mol. The first-order valence-corrected chi connectivity index (χ1v) is 8.02. The molecule has 1 aromatic rings. The molecule has 0 saturated carbocycles. The van der Waals surface area contributed by atoms with E-state index in [2.05, 4.69) is 10.6 Å². The van der Waals surface area contributed by atoms with E-state index in [9.17, 15) is 9.59 Å². The molecule has 0 saturated heterocycles. The van der Waals surface area contributed by atoms with Crippen LogP contribution in [0.2, 0.25) is 0 Å². The summed E-state index contributed by atoms with van der Waals surface area (Å²) >= 11 is 0. The third-order valence-electron chi connectivity index (χ3n) is 4.08. The largest absolute Gasteiger partial charge is 0.484 e. The minimum Gasteiger partial charge on any atom is -0.484 e. The van der Waals surface area contributed by atoms with Gasteiger partial charge in [0.05, 0.1) is 5.41 Å². The molecule has 23 heavy (non-hydrogen) atoms. The molecule has 2 amide bonds. The Hall–Kier alpha value is -2.08. The summed E-state index contributed by atoms with van der Waals surface area (Å²) in [5, 5.41) is 5.55. The second-order valence-electron chi connectivity index (χ2n) is 5.41. The maximum absolute atomic E-state index is 12.4. The lowest BCUT2D eigenvalue weighted by Gasteiger charge is -2.28. The van der Waals surface area contributed by atoms with Crippen molar-refractivity contribution in [2.45, 2.75) is 33.6 Å². The Morgan fingerprint density at radius 3 is 2.22 bits per heavy atom. The molecule has 0 atom stereocenters. The van der Waals surface area contributed by atoms with E-state index in [0.29, 0.717) is 37.4 Å². The average molecular weight is 321 g/mol. The summed E-state index contributed by atoms with van der Waals surface area (Å²) in [5.41, 5.74) is 5.93. The Morgan fingerprint density at radius 2 is 1.74 bits per heavy atom. The molecule has 0 bridgehead atoms. The molecule has 1 aromatic carbocycles. The summed E-state index contributed by atoms with van der Waals surface area (Å²) in [6.45, 7) is 6.65. The van der Waals surface area contributed by atoms with E-state index in [-0.39, 0.29) is 18.4 Å². The van der Waals surface area contributed by atoms with Crippen LogP contribution in [0, 0.1) is 5.41 Å². The van der Waals surface area contributed by atoms with Crippen LogP contribution in [-0.4, -0.2) is 31.5 Å². The fourth-order valence-electron chi connectivity index (χ4n) is 2.25. The van der Waals surface area contributed by atoms with Crippen LogP contribution in [0.5, 0.6) is 5.75 Å². The number of nitrogens with one attached hydrogen (secondary N) is 2. The van der Waals surface area contributed by atoms with Gasteiger partial charge >= 0.3 is 0 Å². The van der Waals surface area contributed by atoms with Crippen molar-refractivity contribution in [1.29, 1.82) is 0 Å². The van der Waals surface area contributed by atoms with Gasteiger partial charge in [-0.05, 0) is 44.0 Å². The minimum atomic E-state index is -0.534. The van der Waals surface area contributed by atoms with Crippen molar-refractivity contribution in [3.05, 3.63) is 24.3 Å². The van der Waals surface area contributed by atoms with Crippen molar-refractivity contribution < 1.29 is 14.3 Å². The maximum atomic E-state index is 12.4. The predicted octanol–water partition coefficient (Wildman–Crippen LogP) is 1.91. The number of amides is 2. The molecular formula is C17H27N3O3. The van der Waals surface area contributed by atoms with Gasteiger partial charge in [0.15, 0.2) is 6.61 Å². The smallest absolute Gasteiger partial charge is 0.257 e. The Bertz CT molecular complexity index is 502. The highest BCUT2D eigenvalue weighted by Crippen LogP contribution is 2.27. The average Bonchev–Trinajstić information content (AvgIpc) is 2.57. The third kappa shape index (κ3) is 5.25. The van der Waals surface area contributed by atoms with Crippen LogP contribution in [0.1, 0.15) is 33.6 Å². The second-order valence-corrected chi connectivity index (χ2v) is 5.41. The number of benzene rings is 1. The minimum absolute atomic E-state index is 0.0263. The third-order valence-corrected chi connectivity index (χ3v) is 4.08. The van der Waals surface area contributed by atoms with Crippen molar-refractivity contribution in [3.63, 3.8) is 0 Å². The summed E-state index contributed by atoms with van der Waals surface area (Å²) in [6.07, 6.45) is 1.39. The summed E-state index contributed by atoms with van der Waals surface area (Å²) in [6, 6.07) is 6.93. The molecular weight excluding hydrogens is 294 g/mol. The number of anilines is 1. The molecule has 0 spiro atoms. The summed E-state index contributed by atoms with van der Waals surface area (Å²) in [4.78, 5) is 23.8. The summed E-state index contributed by atoms with van der Waals surface area (Å²) in [7, 11) is 0. The molecule has 0 aliphatic carbocycles. The van der Waals surface area contributed by atoms with E-state index >= 15 is 0 Å². The van der Waals surface area contributed by atoms with Gasteiger partial charge in [0.1, 0.15) is 5.75 Å². The lowest BCUT2D eigenvalue weighted by Crippen LogP contribution is -2.41. The number of carbonyl (C=O) groups is 2. The lowest BCUT2D eigenvalue weighted by molar-refractivity contribution is -0.125. The van der Waals surface area contributed by atoms with Gasteiger partial charge in [-0.2, -0.15) is 0 Å². The van der Waals surface area contributed by atoms with Crippen LogP contribution in [-0.2, 0) is 9.59 Å². The first-order chi connectivity index (χ1) is 11.0. The zero-order valence-corrected chi connectivity index (χ0v) is 14.1. The van der Waals surface area contributed by atoms with Crippen molar-refractivity contribution in [2.75, 3.05) is 25.0 Å². The molecule has 6 heteroatoms. The molecule has 0 radical (unpaired) electrons. The number of ether oxygens (including phenoxy) is 1. The molecule has 0 aliphatic heterocycles. The number of nitrogens with two attached hydrogens (primary N) is 1. The molecule has 4 N–H and O–H groups in total. The fourth-order valence-corrected chi connectivity index (χ4v) is 2.25. The van der Waals surface area contributed by atoms with Crippen molar-refractivity contribution >= 4 is 17.5 Å². The maximum Gasteiger partial charge on any atom is 0.257 e. The molecule has 0 heterocycles. The van der Waals surface area contributed by atoms with Gasteiger partial charge in [-0.3, -0.25) is 9.59 Å². The van der Waals surface area contributed by atoms with Crippen LogP contribution in [0.15, 0.2) is 24.3 Å². The first kappa shape index (κ1) is 19.0. The van der Waals surface area contributed by atoms with Crippen LogP contribution < -0.4 is 21.1 Å². The summed E-state index contributed by atoms with van der Waals surface area (Å²) in [5.74, 6) is 0.342. The van der Waals surface area contributed by atoms with Gasteiger partial charge in [-0.25, -0.2) is 0 Å². The summed E-state index contributed by atoms with van der Waals surface area (Å²) < 4.78 is 5.37. The van der Waals surface area contributed by atoms with Crippen molar-refractivity contribution in [3.8, 4) is 5.75 Å². The molecule has 128 valence electrons. The quantitative estimate of drug-likeness (QED) is 0.647. The van der Waals surface area contributed by atoms with Gasteiger partial charge in [-0.15, -0.1) is 0 Å². The Balaban J connectivity index is 2.63. The monoisotopic (exact) mass is 321 g/mol. The van der Waals surface area contributed by atoms with E-state index in [4.69, 9.17) is 10.5 Å². The SMILES string of the molecule is CCNC(=O)COc1ccc(NC(=O)C(CC)(CC)CN)cc1. The van der Waals surface area contributed by atoms with Gasteiger partial charge in [-0.1, -0.05) is 13.8 Å². The Labute approximate surface area is 137 Å². The van der Waals surface area contributed by atoms with E-state index in [1.54, 1.807) is 24.3 Å². The van der Waals surface area contributed by atoms with Crippen LogP contribution in [0.25, 0.3) is 0 Å². The first-order valence-electron chi connectivity index (χ1n) is 8.02. The molecule has 1 rings (SSSR count). The molecule has 0 fully saturated rings. The van der Waals surface area contributed by atoms with Crippen LogP contribution >= 0.6 is 0 Å². The van der Waals surface area contributed by atoms with Gasteiger partial charge in [0, 0.05) is 18.8 Å². The van der Waals surface area contributed by atoms with Gasteiger partial charge in [0.2, 0.25) is 5.91 Å². The highest BCUT2D eigenvalue weighted by atomic mass is 16.5. The standard InChI is InChI=1S/C17H27N3O3/c1-4-17(5-2,12-18)16(22)20-13-7-9-14(10-8-13)23-11-15(21)19-6-3/h7-10H,4-6,11-12,18H2,1-3H3,(H,19,21)(H,20,22). The Morgan fingerprint density at radius 1 is 1.13 bits per heavy atom. The highest BCUT2D eigenvalue weighted by Gasteiger charge is 2.33. The topological polar surface area (TPSA) is 93.5 Å². The van der Waals surface area contributed by atoms with Crippen molar-refractivity contribution in [1.82, 2.24) is 5.32 Å². The van der Waals surface area contributed by atoms with Gasteiger partial charge < -0.3 is 21.1 Å². The van der Waals surface area contributed by atoms with Crippen LogP contribution in [0.3, 0.4) is 0 Å². The molecule has 0 aromatic heterocycles. The molecule has 6 nitrogen and oxygen atoms in total. The number of hydrogen-bond acceptors (Lipinski definition) is 4. The highest BCUT2D eigenvalue weighted by molar-refractivity contribution is 5.95. The normalized spacial score (nSPS) is 11.0. The number of rotatable bonds is 9. The molecule has 0 aliphatic rings. The van der Waals surface area contributed by atoms with E-state index in [1.807, 2.05) is 20.8 Å². The van der Waals surface area contributed by atoms with Gasteiger partial charge in [0.25, 0.3) is 5.91 Å². The number of likely N-dealkylation sites (N-methyl/N-ethyl adjacent to an activating group) is 1.